The van der Waals surface area contributed by atoms with E-state index in [0.717, 1.165) is 49.1 Å². The molecule has 2 aromatic rings. The molecule has 1 aromatic carbocycles. The first-order valence-electron chi connectivity index (χ1n) is 11.1. The Hall–Kier alpha value is -2.32. The Balaban J connectivity index is 1.56. The zero-order valence-electron chi connectivity index (χ0n) is 18.4. The number of aryl methyl sites for hydroxylation is 1. The minimum absolute atomic E-state index is 0.132. The first-order valence-corrected chi connectivity index (χ1v) is 12.1. The number of aromatic nitrogens is 3. The number of nitrogens with zero attached hydrogens (tertiary/aromatic N) is 5. The molecule has 1 fully saturated rings. The van der Waals surface area contributed by atoms with Gasteiger partial charge in [0.15, 0.2) is 5.16 Å². The second kappa shape index (κ2) is 10.3. The van der Waals surface area contributed by atoms with E-state index in [4.69, 9.17) is 4.74 Å². The molecule has 1 saturated heterocycles. The van der Waals surface area contributed by atoms with E-state index >= 15 is 0 Å². The summed E-state index contributed by atoms with van der Waals surface area (Å²) in [5.41, 5.74) is 3.39. The molecule has 1 aliphatic heterocycles. The third-order valence-corrected chi connectivity index (χ3v) is 6.67. The van der Waals surface area contributed by atoms with Crippen LogP contribution >= 0.6 is 11.8 Å². The Morgan fingerprint density at radius 1 is 1.16 bits per heavy atom. The fourth-order valence-electron chi connectivity index (χ4n) is 4.05. The molecule has 0 radical (unpaired) electrons. The van der Waals surface area contributed by atoms with Gasteiger partial charge in [0, 0.05) is 25.3 Å². The van der Waals surface area contributed by atoms with Crippen LogP contribution in [0.1, 0.15) is 38.2 Å². The summed E-state index contributed by atoms with van der Waals surface area (Å²) >= 11 is 1.46. The first kappa shape index (κ1) is 21.9. The summed E-state index contributed by atoms with van der Waals surface area (Å²) in [6, 6.07) is 8.35. The number of hydrogen-bond acceptors (Lipinski definition) is 6. The summed E-state index contributed by atoms with van der Waals surface area (Å²) in [5.74, 6) is 1.29. The highest BCUT2D eigenvalue weighted by Gasteiger charge is 2.24. The molecule has 0 bridgehead atoms. The molecule has 31 heavy (non-hydrogen) atoms. The molecule has 1 amide bonds. The van der Waals surface area contributed by atoms with E-state index in [0.29, 0.717) is 25.5 Å². The van der Waals surface area contributed by atoms with Gasteiger partial charge in [-0.3, -0.25) is 9.36 Å². The maximum Gasteiger partial charge on any atom is 0.237 e. The van der Waals surface area contributed by atoms with Crippen LogP contribution in [-0.4, -0.2) is 64.2 Å². The van der Waals surface area contributed by atoms with Gasteiger partial charge in [0.1, 0.15) is 0 Å². The summed E-state index contributed by atoms with van der Waals surface area (Å²) in [5, 5.41) is 9.71. The van der Waals surface area contributed by atoms with Crippen molar-refractivity contribution in [1.82, 2.24) is 19.7 Å². The zero-order valence-corrected chi connectivity index (χ0v) is 19.2. The van der Waals surface area contributed by atoms with Gasteiger partial charge in [-0.15, -0.1) is 10.2 Å². The number of allylic oxidation sites excluding steroid dienone is 2. The van der Waals surface area contributed by atoms with E-state index in [1.165, 1.54) is 29.4 Å². The van der Waals surface area contributed by atoms with Gasteiger partial charge in [-0.1, -0.05) is 35.5 Å². The molecule has 0 N–H and O–H groups in total. The Bertz CT molecular complexity index is 919. The number of carbonyl (C=O) groups excluding carboxylic acids is 1. The molecule has 1 aromatic heterocycles. The highest BCUT2D eigenvalue weighted by molar-refractivity contribution is 7.99. The van der Waals surface area contributed by atoms with Crippen LogP contribution in [0.4, 0.5) is 5.95 Å². The first-order chi connectivity index (χ1) is 15.2. The predicted molar refractivity (Wildman–Crippen MR) is 124 cm³/mol. The highest BCUT2D eigenvalue weighted by atomic mass is 32.2. The van der Waals surface area contributed by atoms with Crippen molar-refractivity contribution >= 4 is 23.6 Å². The molecule has 1 aliphatic carbocycles. The van der Waals surface area contributed by atoms with E-state index in [9.17, 15) is 4.79 Å². The molecule has 7 nitrogen and oxygen atoms in total. The number of carbonyl (C=O) groups is 1. The lowest BCUT2D eigenvalue weighted by Gasteiger charge is -2.28. The molecule has 166 valence electrons. The minimum Gasteiger partial charge on any atom is -0.378 e. The van der Waals surface area contributed by atoms with Crippen LogP contribution in [0.2, 0.25) is 0 Å². The maximum absolute atomic E-state index is 13.0. The minimum atomic E-state index is 0.132. The lowest BCUT2D eigenvalue weighted by Crippen LogP contribution is -2.38. The second-order valence-electron chi connectivity index (χ2n) is 7.92. The number of rotatable bonds is 7. The third kappa shape index (κ3) is 5.13. The van der Waals surface area contributed by atoms with Gasteiger partial charge in [-0.25, -0.2) is 0 Å². The van der Waals surface area contributed by atoms with Gasteiger partial charge >= 0.3 is 0 Å². The van der Waals surface area contributed by atoms with Crippen molar-refractivity contribution in [1.29, 1.82) is 0 Å². The summed E-state index contributed by atoms with van der Waals surface area (Å²) < 4.78 is 7.57. The van der Waals surface area contributed by atoms with Gasteiger partial charge in [0.2, 0.25) is 11.9 Å². The molecule has 0 unspecified atom stereocenters. The molecule has 0 spiro atoms. The largest absolute Gasteiger partial charge is 0.378 e. The maximum atomic E-state index is 13.0. The van der Waals surface area contributed by atoms with Crippen LogP contribution in [0.25, 0.3) is 5.69 Å². The molecule has 8 heteroatoms. The van der Waals surface area contributed by atoms with E-state index in [2.05, 4.69) is 56.9 Å². The molecule has 4 rings (SSSR count). The molecule has 2 heterocycles. The molecular formula is C23H31N5O2S. The number of ether oxygens (including phenoxy) is 1. The van der Waals surface area contributed by atoms with Gasteiger partial charge in [0.25, 0.3) is 0 Å². The number of anilines is 1. The molecule has 0 atom stereocenters. The van der Waals surface area contributed by atoms with Crippen LogP contribution in [-0.2, 0) is 9.53 Å². The Kier molecular flexibility index (Phi) is 7.29. The summed E-state index contributed by atoms with van der Waals surface area (Å²) in [6.45, 7) is 7.76. The predicted octanol–water partition coefficient (Wildman–Crippen LogP) is 3.81. The lowest BCUT2D eigenvalue weighted by atomic mass is 10.0. The van der Waals surface area contributed by atoms with Crippen LogP contribution in [0.5, 0.6) is 0 Å². The summed E-state index contributed by atoms with van der Waals surface area (Å²) in [4.78, 5) is 17.2. The second-order valence-corrected chi connectivity index (χ2v) is 8.86. The van der Waals surface area contributed by atoms with Crippen molar-refractivity contribution in [3.8, 4) is 5.69 Å². The standard InChI is InChI=1S/C23H31N5O2S/c1-3-27(19-7-5-4-6-8-19)21(29)17-31-23-25-24-22(26-13-15-30-16-14-26)28(23)20-11-9-18(2)10-12-20/h7,9-12H,3-6,8,13-17H2,1-2H3. The van der Waals surface area contributed by atoms with Crippen molar-refractivity contribution in [3.63, 3.8) is 0 Å². The van der Waals surface area contributed by atoms with Gasteiger partial charge in [0.05, 0.1) is 24.7 Å². The summed E-state index contributed by atoms with van der Waals surface area (Å²) in [7, 11) is 0. The Morgan fingerprint density at radius 2 is 1.94 bits per heavy atom. The SMILES string of the molecule is CCN(C(=O)CSc1nnc(N2CCOCC2)n1-c1ccc(C)cc1)C1=CCCCC1. The van der Waals surface area contributed by atoms with Crippen LogP contribution < -0.4 is 4.90 Å². The summed E-state index contributed by atoms with van der Waals surface area (Å²) in [6.07, 6.45) is 6.66. The van der Waals surface area contributed by atoms with Gasteiger partial charge in [-0.05, 0) is 51.7 Å². The van der Waals surface area contributed by atoms with Gasteiger partial charge in [-0.2, -0.15) is 0 Å². The van der Waals surface area contributed by atoms with E-state index in [-0.39, 0.29) is 5.91 Å². The Morgan fingerprint density at radius 3 is 2.61 bits per heavy atom. The smallest absolute Gasteiger partial charge is 0.237 e. The monoisotopic (exact) mass is 441 g/mol. The molecular weight excluding hydrogens is 410 g/mol. The lowest BCUT2D eigenvalue weighted by molar-refractivity contribution is -0.126. The molecule has 2 aliphatic rings. The number of benzene rings is 1. The van der Waals surface area contributed by atoms with Crippen molar-refractivity contribution < 1.29 is 9.53 Å². The highest BCUT2D eigenvalue weighted by Crippen LogP contribution is 2.28. The number of thioether (sulfide) groups is 1. The third-order valence-electron chi connectivity index (χ3n) is 5.76. The fraction of sp³-hybridized carbons (Fsp3) is 0.522. The van der Waals surface area contributed by atoms with Crippen LogP contribution in [0, 0.1) is 6.92 Å². The fourth-order valence-corrected chi connectivity index (χ4v) is 4.88. The Labute approximate surface area is 188 Å². The number of morpholine rings is 1. The van der Waals surface area contributed by atoms with E-state index < -0.39 is 0 Å². The quantitative estimate of drug-likeness (QED) is 0.609. The van der Waals surface area contributed by atoms with E-state index in [1.54, 1.807) is 0 Å². The van der Waals surface area contributed by atoms with E-state index in [1.807, 2.05) is 11.8 Å². The number of hydrogen-bond donors (Lipinski definition) is 0. The molecule has 0 saturated carbocycles. The van der Waals surface area contributed by atoms with Crippen molar-refractivity contribution in [3.05, 3.63) is 41.6 Å². The van der Waals surface area contributed by atoms with Crippen LogP contribution in [0.15, 0.2) is 41.2 Å². The average Bonchev–Trinajstić information content (AvgIpc) is 3.24. The van der Waals surface area contributed by atoms with Gasteiger partial charge < -0.3 is 14.5 Å². The zero-order chi connectivity index (χ0) is 21.6. The van der Waals surface area contributed by atoms with Crippen molar-refractivity contribution in [2.45, 2.75) is 44.7 Å². The van der Waals surface area contributed by atoms with Crippen LogP contribution in [0.3, 0.4) is 0 Å². The van der Waals surface area contributed by atoms with Crippen molar-refractivity contribution in [2.75, 3.05) is 43.5 Å². The van der Waals surface area contributed by atoms with Crippen molar-refractivity contribution in [2.24, 2.45) is 0 Å². The number of amides is 1. The average molecular weight is 442 g/mol. The normalized spacial score (nSPS) is 16.8. The topological polar surface area (TPSA) is 63.5 Å².